The van der Waals surface area contributed by atoms with E-state index in [-0.39, 0.29) is 11.5 Å². The Kier molecular flexibility index (Phi) is 5.16. The van der Waals surface area contributed by atoms with E-state index in [4.69, 9.17) is 0 Å². The van der Waals surface area contributed by atoms with Crippen LogP contribution in [-0.4, -0.2) is 8.42 Å². The van der Waals surface area contributed by atoms with E-state index < -0.39 is 10.0 Å². The zero-order valence-corrected chi connectivity index (χ0v) is 16.3. The fourth-order valence-corrected chi connectivity index (χ4v) is 5.33. The van der Waals surface area contributed by atoms with Gasteiger partial charge in [-0.3, -0.25) is 0 Å². The molecule has 0 saturated heterocycles. The highest BCUT2D eigenvalue weighted by atomic mass is 79.9. The molecule has 0 aliphatic heterocycles. The fraction of sp³-hybridized carbons (Fsp3) is 0.375. The summed E-state index contributed by atoms with van der Waals surface area (Å²) in [6.45, 7) is 8.32. The van der Waals surface area contributed by atoms with Crippen LogP contribution in [0.2, 0.25) is 0 Å². The van der Waals surface area contributed by atoms with Crippen LogP contribution in [0.25, 0.3) is 0 Å². The molecule has 0 aliphatic carbocycles. The van der Waals surface area contributed by atoms with Gasteiger partial charge in [0.15, 0.2) is 0 Å². The number of hydrogen-bond donors (Lipinski definition) is 1. The lowest BCUT2D eigenvalue weighted by molar-refractivity contribution is 0.568. The topological polar surface area (TPSA) is 46.2 Å². The molecule has 0 fully saturated rings. The van der Waals surface area contributed by atoms with Crippen molar-refractivity contribution >= 4 is 37.3 Å². The van der Waals surface area contributed by atoms with Crippen LogP contribution in [-0.2, 0) is 15.4 Å². The summed E-state index contributed by atoms with van der Waals surface area (Å²) in [7, 11) is -3.49. The Morgan fingerprint density at radius 1 is 1.09 bits per heavy atom. The Balaban J connectivity index is 2.17. The quantitative estimate of drug-likeness (QED) is 0.795. The van der Waals surface area contributed by atoms with Crippen LogP contribution in [0.15, 0.2) is 44.4 Å². The molecule has 3 nitrogen and oxygen atoms in total. The van der Waals surface area contributed by atoms with E-state index in [1.165, 1.54) is 16.9 Å². The first-order chi connectivity index (χ1) is 10.1. The molecule has 0 saturated carbocycles. The minimum atomic E-state index is -3.49. The van der Waals surface area contributed by atoms with Gasteiger partial charge >= 0.3 is 0 Å². The molecule has 1 N–H and O–H groups in total. The van der Waals surface area contributed by atoms with Crippen LogP contribution in [0.3, 0.4) is 0 Å². The molecule has 2 rings (SSSR count). The van der Waals surface area contributed by atoms with E-state index >= 15 is 0 Å². The van der Waals surface area contributed by atoms with E-state index in [0.717, 1.165) is 9.35 Å². The second-order valence-electron chi connectivity index (χ2n) is 6.27. The van der Waals surface area contributed by atoms with Crippen molar-refractivity contribution in [2.45, 2.75) is 43.4 Å². The van der Waals surface area contributed by atoms with Gasteiger partial charge in [-0.1, -0.05) is 45.0 Å². The SMILES string of the molecule is C[C@@H](NS(=O)(=O)c1ccc(Br)s1)c1ccc(C(C)(C)C)cc1. The van der Waals surface area contributed by atoms with Crippen LogP contribution in [0.5, 0.6) is 0 Å². The first-order valence-corrected chi connectivity index (χ1v) is 10.1. The molecule has 1 aromatic heterocycles. The maximum Gasteiger partial charge on any atom is 0.250 e. The van der Waals surface area contributed by atoms with Crippen molar-refractivity contribution in [1.29, 1.82) is 0 Å². The van der Waals surface area contributed by atoms with Crippen molar-refractivity contribution in [3.63, 3.8) is 0 Å². The first-order valence-electron chi connectivity index (χ1n) is 6.98. The summed E-state index contributed by atoms with van der Waals surface area (Å²) in [5.41, 5.74) is 2.27. The third-order valence-electron chi connectivity index (χ3n) is 3.42. The van der Waals surface area contributed by atoms with E-state index in [1.807, 2.05) is 19.1 Å². The average Bonchev–Trinajstić information content (AvgIpc) is 2.85. The Morgan fingerprint density at radius 2 is 1.68 bits per heavy atom. The predicted molar refractivity (Wildman–Crippen MR) is 95.9 cm³/mol. The fourth-order valence-electron chi connectivity index (χ4n) is 2.07. The standard InChI is InChI=1S/C16H20BrNO2S2/c1-11(12-5-7-13(8-6-12)16(2,3)4)18-22(19,20)15-10-9-14(17)21-15/h5-11,18H,1-4H3/t11-/m1/s1. The number of thiophene rings is 1. The van der Waals surface area contributed by atoms with Crippen LogP contribution < -0.4 is 4.72 Å². The van der Waals surface area contributed by atoms with Crippen molar-refractivity contribution in [1.82, 2.24) is 4.72 Å². The third-order valence-corrected chi connectivity index (χ3v) is 7.08. The van der Waals surface area contributed by atoms with Crippen LogP contribution in [0.4, 0.5) is 0 Å². The van der Waals surface area contributed by atoms with Gasteiger partial charge in [0, 0.05) is 6.04 Å². The van der Waals surface area contributed by atoms with E-state index in [9.17, 15) is 8.42 Å². The van der Waals surface area contributed by atoms with Gasteiger partial charge in [0.2, 0.25) is 0 Å². The lowest BCUT2D eigenvalue weighted by Crippen LogP contribution is -2.26. The maximum absolute atomic E-state index is 12.3. The smallest absolute Gasteiger partial charge is 0.206 e. The zero-order valence-electron chi connectivity index (χ0n) is 13.1. The summed E-state index contributed by atoms with van der Waals surface area (Å²) >= 11 is 4.49. The second kappa shape index (κ2) is 6.43. The molecule has 1 heterocycles. The van der Waals surface area contributed by atoms with Gasteiger partial charge in [-0.25, -0.2) is 13.1 Å². The van der Waals surface area contributed by atoms with Crippen LogP contribution in [0.1, 0.15) is 44.9 Å². The predicted octanol–water partition coefficient (Wildman–Crippen LogP) is 4.85. The molecule has 1 aromatic carbocycles. The molecule has 0 amide bonds. The zero-order chi connectivity index (χ0) is 16.5. The lowest BCUT2D eigenvalue weighted by atomic mass is 9.86. The van der Waals surface area contributed by atoms with Gasteiger partial charge in [-0.15, -0.1) is 11.3 Å². The second-order valence-corrected chi connectivity index (χ2v) is 10.7. The molecule has 0 bridgehead atoms. The molecule has 2 aromatic rings. The van der Waals surface area contributed by atoms with Crippen molar-refractivity contribution in [2.24, 2.45) is 0 Å². The number of hydrogen-bond acceptors (Lipinski definition) is 3. The summed E-state index contributed by atoms with van der Waals surface area (Å²) < 4.78 is 28.5. The molecule has 6 heteroatoms. The normalized spacial score (nSPS) is 14.0. The van der Waals surface area contributed by atoms with Crippen molar-refractivity contribution in [3.05, 3.63) is 51.3 Å². The molecular weight excluding hydrogens is 382 g/mol. The highest BCUT2D eigenvalue weighted by Crippen LogP contribution is 2.28. The largest absolute Gasteiger partial charge is 0.250 e. The summed E-state index contributed by atoms with van der Waals surface area (Å²) in [5, 5.41) is 0. The highest BCUT2D eigenvalue weighted by molar-refractivity contribution is 9.11. The van der Waals surface area contributed by atoms with Gasteiger partial charge in [0.25, 0.3) is 10.0 Å². The Labute approximate surface area is 144 Å². The lowest BCUT2D eigenvalue weighted by Gasteiger charge is -2.20. The Morgan fingerprint density at radius 3 is 2.14 bits per heavy atom. The molecule has 0 radical (unpaired) electrons. The van der Waals surface area contributed by atoms with Crippen molar-refractivity contribution < 1.29 is 8.42 Å². The van der Waals surface area contributed by atoms with Crippen LogP contribution >= 0.6 is 27.3 Å². The monoisotopic (exact) mass is 401 g/mol. The first kappa shape index (κ1) is 17.7. The molecular formula is C16H20BrNO2S2. The van der Waals surface area contributed by atoms with E-state index in [2.05, 4.69) is 53.6 Å². The Bertz CT molecular complexity index is 743. The maximum atomic E-state index is 12.3. The summed E-state index contributed by atoms with van der Waals surface area (Å²) in [5.74, 6) is 0. The summed E-state index contributed by atoms with van der Waals surface area (Å²) in [4.78, 5) is 0. The van der Waals surface area contributed by atoms with Crippen molar-refractivity contribution in [2.75, 3.05) is 0 Å². The number of sulfonamides is 1. The minimum Gasteiger partial charge on any atom is -0.206 e. The molecule has 22 heavy (non-hydrogen) atoms. The van der Waals surface area contributed by atoms with Gasteiger partial charge in [0.1, 0.15) is 4.21 Å². The number of benzene rings is 1. The van der Waals surface area contributed by atoms with Gasteiger partial charge in [-0.05, 0) is 51.5 Å². The van der Waals surface area contributed by atoms with Gasteiger partial charge in [0.05, 0.1) is 3.79 Å². The van der Waals surface area contributed by atoms with E-state index in [0.29, 0.717) is 4.21 Å². The van der Waals surface area contributed by atoms with Crippen molar-refractivity contribution in [3.8, 4) is 0 Å². The molecule has 0 unspecified atom stereocenters. The van der Waals surface area contributed by atoms with Gasteiger partial charge in [-0.2, -0.15) is 0 Å². The number of rotatable bonds is 4. The number of halogens is 1. The van der Waals surface area contributed by atoms with Crippen LogP contribution in [0, 0.1) is 0 Å². The summed E-state index contributed by atoms with van der Waals surface area (Å²) in [6, 6.07) is 11.1. The Hall–Kier alpha value is -0.690. The van der Waals surface area contributed by atoms with E-state index in [1.54, 1.807) is 12.1 Å². The highest BCUT2D eigenvalue weighted by Gasteiger charge is 2.21. The van der Waals surface area contributed by atoms with Gasteiger partial charge < -0.3 is 0 Å². The molecule has 0 spiro atoms. The molecule has 120 valence electrons. The molecule has 0 aliphatic rings. The minimum absolute atomic E-state index is 0.0878. The number of nitrogens with one attached hydrogen (secondary N) is 1. The average molecular weight is 402 g/mol. The molecule has 1 atom stereocenters. The summed E-state index contributed by atoms with van der Waals surface area (Å²) in [6.07, 6.45) is 0. The third kappa shape index (κ3) is 4.19.